The molecule has 5 N–H and O–H groups in total. The quantitative estimate of drug-likeness (QED) is 0.0283. The van der Waals surface area contributed by atoms with E-state index in [-0.39, 0.29) is 25.7 Å². The number of unbranched alkanes of at least 4 members (excludes halogenated alkanes) is 25. The molecule has 0 saturated carbocycles. The Labute approximate surface area is 303 Å². The number of aliphatic hydroxyl groups is 1. The zero-order valence-corrected chi connectivity index (χ0v) is 33.1. The Hall–Kier alpha value is -0.760. The van der Waals surface area contributed by atoms with Crippen molar-refractivity contribution >= 4 is 13.7 Å². The van der Waals surface area contributed by atoms with Gasteiger partial charge in [-0.1, -0.05) is 174 Å². The predicted molar refractivity (Wildman–Crippen MR) is 208 cm³/mol. The fourth-order valence-electron chi connectivity index (χ4n) is 6.19. The van der Waals surface area contributed by atoms with Crippen molar-refractivity contribution in [2.24, 2.45) is 5.73 Å². The van der Waals surface area contributed by atoms with E-state index in [1.807, 2.05) is 0 Å². The van der Waals surface area contributed by atoms with E-state index in [0.717, 1.165) is 38.5 Å². The molecule has 49 heavy (non-hydrogen) atoms. The smallest absolute Gasteiger partial charge is 0.391 e. The van der Waals surface area contributed by atoms with Crippen molar-refractivity contribution in [3.63, 3.8) is 0 Å². The van der Waals surface area contributed by atoms with Gasteiger partial charge < -0.3 is 21.1 Å². The van der Waals surface area contributed by atoms with Crippen molar-refractivity contribution in [2.45, 2.75) is 219 Å². The van der Waals surface area contributed by atoms with Crippen LogP contribution >= 0.6 is 7.82 Å². The zero-order chi connectivity index (χ0) is 36.1. The van der Waals surface area contributed by atoms with Crippen LogP contribution in [0.3, 0.4) is 0 Å². The van der Waals surface area contributed by atoms with Crippen LogP contribution < -0.4 is 11.1 Å². The third-order valence-corrected chi connectivity index (χ3v) is 10.4. The number of rotatable bonds is 39. The summed E-state index contributed by atoms with van der Waals surface area (Å²) in [7, 11) is -4.30. The Bertz CT molecular complexity index is 784. The first-order chi connectivity index (χ1) is 23.9. The number of phosphoric acid groups is 1. The molecule has 0 aromatic rings. The lowest BCUT2D eigenvalue weighted by atomic mass is 10.0. The molecule has 3 unspecified atom stereocenters. The number of carbonyl (C=O) groups is 1. The molecule has 292 valence electrons. The summed E-state index contributed by atoms with van der Waals surface area (Å²) in [5.41, 5.74) is 5.36. The lowest BCUT2D eigenvalue weighted by molar-refractivity contribution is -0.123. The molecule has 0 aromatic heterocycles. The van der Waals surface area contributed by atoms with Crippen LogP contribution in [0, 0.1) is 0 Å². The maximum absolute atomic E-state index is 12.7. The van der Waals surface area contributed by atoms with Crippen LogP contribution in [-0.2, 0) is 18.4 Å². The van der Waals surface area contributed by atoms with Gasteiger partial charge in [0.15, 0.2) is 0 Å². The highest BCUT2D eigenvalue weighted by Gasteiger charge is 2.27. The van der Waals surface area contributed by atoms with Crippen molar-refractivity contribution in [1.29, 1.82) is 0 Å². The van der Waals surface area contributed by atoms with Crippen molar-refractivity contribution in [2.75, 3.05) is 19.8 Å². The first-order valence-electron chi connectivity index (χ1n) is 20.8. The van der Waals surface area contributed by atoms with Crippen molar-refractivity contribution in [3.05, 3.63) is 12.2 Å². The largest absolute Gasteiger partial charge is 0.472 e. The van der Waals surface area contributed by atoms with Gasteiger partial charge in [-0.25, -0.2) is 4.57 Å². The SMILES string of the molecule is CCCCCCCCCC/C=C\CCCCCCCCCCCC(=O)NC(COP(=O)(O)OCCN)C(O)CCCCCCCCCCC. The Morgan fingerprint density at radius 1 is 0.653 bits per heavy atom. The van der Waals surface area contributed by atoms with Crippen LogP contribution in [0.4, 0.5) is 0 Å². The number of amides is 1. The van der Waals surface area contributed by atoms with Gasteiger partial charge in [0.2, 0.25) is 5.91 Å². The normalized spacial score (nSPS) is 14.3. The Kier molecular flexibility index (Phi) is 36.4. The van der Waals surface area contributed by atoms with Gasteiger partial charge in [0.1, 0.15) is 0 Å². The summed E-state index contributed by atoms with van der Waals surface area (Å²) in [5, 5.41) is 13.7. The summed E-state index contributed by atoms with van der Waals surface area (Å²) in [6, 6.07) is -0.770. The minimum absolute atomic E-state index is 0.0899. The maximum Gasteiger partial charge on any atom is 0.472 e. The van der Waals surface area contributed by atoms with Crippen LogP contribution in [0.1, 0.15) is 206 Å². The van der Waals surface area contributed by atoms with E-state index in [1.165, 1.54) is 141 Å². The number of hydrogen-bond donors (Lipinski definition) is 4. The highest BCUT2D eigenvalue weighted by molar-refractivity contribution is 7.47. The third kappa shape index (κ3) is 35.4. The zero-order valence-electron chi connectivity index (χ0n) is 32.2. The minimum atomic E-state index is -4.30. The summed E-state index contributed by atoms with van der Waals surface area (Å²) < 4.78 is 22.1. The molecule has 1 amide bonds. The van der Waals surface area contributed by atoms with Crippen LogP contribution in [0.25, 0.3) is 0 Å². The number of carbonyl (C=O) groups excluding carboxylic acids is 1. The van der Waals surface area contributed by atoms with E-state index in [1.54, 1.807) is 0 Å². The van der Waals surface area contributed by atoms with Gasteiger partial charge in [0.05, 0.1) is 25.4 Å². The predicted octanol–water partition coefficient (Wildman–Crippen LogP) is 11.2. The topological polar surface area (TPSA) is 131 Å². The number of phosphoric ester groups is 1. The van der Waals surface area contributed by atoms with Crippen LogP contribution in [0.2, 0.25) is 0 Å². The number of nitrogens with one attached hydrogen (secondary N) is 1. The molecule has 8 nitrogen and oxygen atoms in total. The molecular weight excluding hydrogens is 635 g/mol. The van der Waals surface area contributed by atoms with E-state index in [9.17, 15) is 19.4 Å². The van der Waals surface area contributed by atoms with E-state index in [0.29, 0.717) is 12.8 Å². The van der Waals surface area contributed by atoms with Gasteiger partial charge in [-0.2, -0.15) is 0 Å². The summed E-state index contributed by atoms with van der Waals surface area (Å²) in [6.45, 7) is 4.19. The standard InChI is InChI=1S/C40H81N2O6P/c1-3-5-7-9-11-13-14-15-16-17-18-19-20-21-22-23-24-26-28-30-32-34-40(44)42-38(37-48-49(45,46)47-36-35-41)39(43)33-31-29-27-25-12-10-8-6-4-2/h17-18,38-39,43H,3-16,19-37,41H2,1-2H3,(H,42,44)(H,45,46)/b18-17-. The molecule has 3 atom stereocenters. The first-order valence-corrected chi connectivity index (χ1v) is 22.3. The summed E-state index contributed by atoms with van der Waals surface area (Å²) in [5.74, 6) is -0.165. The fraction of sp³-hybridized carbons (Fsp3) is 0.925. The fourth-order valence-corrected chi connectivity index (χ4v) is 6.95. The Morgan fingerprint density at radius 3 is 1.51 bits per heavy atom. The van der Waals surface area contributed by atoms with E-state index < -0.39 is 20.0 Å². The molecular formula is C40H81N2O6P. The lowest BCUT2D eigenvalue weighted by Crippen LogP contribution is -2.46. The van der Waals surface area contributed by atoms with Gasteiger partial charge in [0.25, 0.3) is 0 Å². The average Bonchev–Trinajstić information content (AvgIpc) is 3.09. The number of hydrogen-bond acceptors (Lipinski definition) is 6. The first kappa shape index (κ1) is 48.2. The van der Waals surface area contributed by atoms with Crippen molar-refractivity contribution in [3.8, 4) is 0 Å². The van der Waals surface area contributed by atoms with Gasteiger partial charge in [-0.05, 0) is 38.5 Å². The van der Waals surface area contributed by atoms with E-state index in [2.05, 4.69) is 31.3 Å². The number of aliphatic hydroxyl groups excluding tert-OH is 1. The molecule has 0 radical (unpaired) electrons. The minimum Gasteiger partial charge on any atom is -0.391 e. The molecule has 0 aromatic carbocycles. The second-order valence-electron chi connectivity index (χ2n) is 14.2. The van der Waals surface area contributed by atoms with Crippen LogP contribution in [0.15, 0.2) is 12.2 Å². The second kappa shape index (κ2) is 37.0. The highest BCUT2D eigenvalue weighted by atomic mass is 31.2. The lowest BCUT2D eigenvalue weighted by Gasteiger charge is -2.25. The summed E-state index contributed by atoms with van der Waals surface area (Å²) >= 11 is 0. The molecule has 0 aliphatic carbocycles. The van der Waals surface area contributed by atoms with Crippen LogP contribution in [0.5, 0.6) is 0 Å². The molecule has 0 bridgehead atoms. The molecule has 0 spiro atoms. The van der Waals surface area contributed by atoms with Gasteiger partial charge in [0, 0.05) is 13.0 Å². The number of allylic oxidation sites excluding steroid dienone is 2. The van der Waals surface area contributed by atoms with Gasteiger partial charge in [-0.15, -0.1) is 0 Å². The summed E-state index contributed by atoms with van der Waals surface area (Å²) in [4.78, 5) is 22.6. The van der Waals surface area contributed by atoms with E-state index >= 15 is 0 Å². The highest BCUT2D eigenvalue weighted by Crippen LogP contribution is 2.43. The third-order valence-electron chi connectivity index (χ3n) is 9.37. The maximum atomic E-state index is 12.7. The molecule has 0 saturated heterocycles. The van der Waals surface area contributed by atoms with E-state index in [4.69, 9.17) is 14.8 Å². The Morgan fingerprint density at radius 2 is 1.06 bits per heavy atom. The van der Waals surface area contributed by atoms with Crippen molar-refractivity contribution in [1.82, 2.24) is 5.32 Å². The molecule has 9 heteroatoms. The average molecular weight is 717 g/mol. The second-order valence-corrected chi connectivity index (χ2v) is 15.7. The molecule has 0 fully saturated rings. The summed E-state index contributed by atoms with van der Waals surface area (Å²) in [6.07, 6.45) is 39.4. The van der Waals surface area contributed by atoms with Crippen LogP contribution in [-0.4, -0.2) is 47.8 Å². The monoisotopic (exact) mass is 717 g/mol. The van der Waals surface area contributed by atoms with Gasteiger partial charge in [-0.3, -0.25) is 13.8 Å². The number of nitrogens with two attached hydrogens (primary N) is 1. The molecule has 0 rings (SSSR count). The van der Waals surface area contributed by atoms with Crippen molar-refractivity contribution < 1.29 is 28.4 Å². The molecule has 0 heterocycles. The molecule has 0 aliphatic heterocycles. The Balaban J connectivity index is 4.04. The van der Waals surface area contributed by atoms with Gasteiger partial charge >= 0.3 is 7.82 Å². The molecule has 0 aliphatic rings.